The number of hydrogen-bond acceptors (Lipinski definition) is 9. The topological polar surface area (TPSA) is 104 Å². The molecule has 0 spiro atoms. The van der Waals surface area contributed by atoms with E-state index < -0.39 is 10.0 Å². The standard InChI is InChI=1S/C20H29N7O3S/c1-3-21-18-22-19(24-20(23-18)26-12-14-30-15-13-26)25-8-10-27(11-9-25)31(28,29)17-6-4-16(2)5-7-17/h4-7H,3,8-15H2,1-2H3,(H,21,22,23,24). The van der Waals surface area contributed by atoms with Crippen LogP contribution < -0.4 is 15.1 Å². The van der Waals surface area contributed by atoms with Gasteiger partial charge in [-0.1, -0.05) is 17.7 Å². The Kier molecular flexibility index (Phi) is 6.54. The van der Waals surface area contributed by atoms with Crippen molar-refractivity contribution in [3.05, 3.63) is 29.8 Å². The number of ether oxygens (including phenoxy) is 1. The Morgan fingerprint density at radius 2 is 1.48 bits per heavy atom. The summed E-state index contributed by atoms with van der Waals surface area (Å²) in [6, 6.07) is 6.98. The van der Waals surface area contributed by atoms with Crippen molar-refractivity contribution < 1.29 is 13.2 Å². The van der Waals surface area contributed by atoms with E-state index >= 15 is 0 Å². The first kappa shape index (κ1) is 21.7. The zero-order valence-electron chi connectivity index (χ0n) is 18.0. The lowest BCUT2D eigenvalue weighted by Gasteiger charge is -2.34. The van der Waals surface area contributed by atoms with E-state index in [1.807, 2.05) is 30.9 Å². The highest BCUT2D eigenvalue weighted by Crippen LogP contribution is 2.22. The molecule has 1 aromatic heterocycles. The van der Waals surface area contributed by atoms with Gasteiger partial charge in [-0.3, -0.25) is 0 Å². The second-order valence-corrected chi connectivity index (χ2v) is 9.53. The van der Waals surface area contributed by atoms with Crippen LogP contribution in [0.2, 0.25) is 0 Å². The summed E-state index contributed by atoms with van der Waals surface area (Å²) in [5.41, 5.74) is 1.03. The maximum absolute atomic E-state index is 13.0. The number of aryl methyl sites for hydroxylation is 1. The van der Waals surface area contributed by atoms with Gasteiger partial charge < -0.3 is 19.9 Å². The molecule has 0 atom stereocenters. The van der Waals surface area contributed by atoms with Crippen molar-refractivity contribution >= 4 is 27.9 Å². The van der Waals surface area contributed by atoms with Crippen LogP contribution in [0.3, 0.4) is 0 Å². The molecule has 11 heteroatoms. The molecular formula is C20H29N7O3S. The maximum atomic E-state index is 13.0. The van der Waals surface area contributed by atoms with Crippen molar-refractivity contribution in [3.8, 4) is 0 Å². The first-order chi connectivity index (χ1) is 15.0. The van der Waals surface area contributed by atoms with Gasteiger partial charge in [-0.15, -0.1) is 0 Å². The van der Waals surface area contributed by atoms with E-state index in [0.717, 1.165) is 18.7 Å². The number of sulfonamides is 1. The summed E-state index contributed by atoms with van der Waals surface area (Å²) < 4.78 is 32.9. The molecule has 0 saturated carbocycles. The van der Waals surface area contributed by atoms with E-state index in [4.69, 9.17) is 4.74 Å². The monoisotopic (exact) mass is 447 g/mol. The number of nitrogens with one attached hydrogen (secondary N) is 1. The number of nitrogens with zero attached hydrogens (tertiary/aromatic N) is 6. The summed E-state index contributed by atoms with van der Waals surface area (Å²) in [6.07, 6.45) is 0. The molecule has 0 amide bonds. The van der Waals surface area contributed by atoms with Crippen LogP contribution in [0, 0.1) is 6.92 Å². The molecule has 1 aromatic carbocycles. The summed E-state index contributed by atoms with van der Waals surface area (Å²) in [4.78, 5) is 18.2. The lowest BCUT2D eigenvalue weighted by atomic mass is 10.2. The number of anilines is 3. The Hall–Kier alpha value is -2.50. The van der Waals surface area contributed by atoms with Crippen LogP contribution in [-0.2, 0) is 14.8 Å². The average molecular weight is 448 g/mol. The Morgan fingerprint density at radius 1 is 0.903 bits per heavy atom. The zero-order valence-corrected chi connectivity index (χ0v) is 18.8. The van der Waals surface area contributed by atoms with Crippen molar-refractivity contribution in [2.24, 2.45) is 0 Å². The second-order valence-electron chi connectivity index (χ2n) is 7.59. The third-order valence-electron chi connectivity index (χ3n) is 5.42. The van der Waals surface area contributed by atoms with Crippen molar-refractivity contribution in [3.63, 3.8) is 0 Å². The minimum absolute atomic E-state index is 0.329. The van der Waals surface area contributed by atoms with Gasteiger partial charge in [0.15, 0.2) is 0 Å². The fourth-order valence-electron chi connectivity index (χ4n) is 3.63. The quantitative estimate of drug-likeness (QED) is 0.693. The number of aromatic nitrogens is 3. The first-order valence-corrected chi connectivity index (χ1v) is 12.1. The molecule has 0 radical (unpaired) electrons. The molecule has 2 aromatic rings. The van der Waals surface area contributed by atoms with Crippen molar-refractivity contribution in [2.45, 2.75) is 18.7 Å². The van der Waals surface area contributed by atoms with Crippen LogP contribution in [0.4, 0.5) is 17.8 Å². The fraction of sp³-hybridized carbons (Fsp3) is 0.550. The van der Waals surface area contributed by atoms with E-state index in [0.29, 0.717) is 68.7 Å². The SMILES string of the molecule is CCNc1nc(N2CCOCC2)nc(N2CCN(S(=O)(=O)c3ccc(C)cc3)CC2)n1. The highest BCUT2D eigenvalue weighted by Gasteiger charge is 2.30. The molecule has 0 unspecified atom stereocenters. The summed E-state index contributed by atoms with van der Waals surface area (Å²) in [5, 5.41) is 3.17. The molecule has 2 saturated heterocycles. The zero-order chi connectivity index (χ0) is 21.8. The lowest BCUT2D eigenvalue weighted by Crippen LogP contribution is -2.49. The van der Waals surface area contributed by atoms with Crippen LogP contribution >= 0.6 is 0 Å². The normalized spacial score (nSPS) is 18.3. The van der Waals surface area contributed by atoms with E-state index in [2.05, 4.69) is 25.2 Å². The van der Waals surface area contributed by atoms with E-state index in [1.54, 1.807) is 12.1 Å². The maximum Gasteiger partial charge on any atom is 0.243 e. The molecule has 168 valence electrons. The van der Waals surface area contributed by atoms with Gasteiger partial charge in [0, 0.05) is 45.8 Å². The molecular weight excluding hydrogens is 418 g/mol. The van der Waals surface area contributed by atoms with E-state index in [9.17, 15) is 8.42 Å². The van der Waals surface area contributed by atoms with Gasteiger partial charge >= 0.3 is 0 Å². The molecule has 10 nitrogen and oxygen atoms in total. The highest BCUT2D eigenvalue weighted by molar-refractivity contribution is 7.89. The molecule has 0 aliphatic carbocycles. The minimum atomic E-state index is -3.51. The third kappa shape index (κ3) is 4.89. The van der Waals surface area contributed by atoms with Gasteiger partial charge in [0.25, 0.3) is 0 Å². The highest BCUT2D eigenvalue weighted by atomic mass is 32.2. The number of hydrogen-bond donors (Lipinski definition) is 1. The average Bonchev–Trinajstić information content (AvgIpc) is 2.80. The Morgan fingerprint density at radius 3 is 2.06 bits per heavy atom. The number of morpholine rings is 1. The van der Waals surface area contributed by atoms with Crippen molar-refractivity contribution in [2.75, 3.05) is 74.1 Å². The lowest BCUT2D eigenvalue weighted by molar-refractivity contribution is 0.122. The van der Waals surface area contributed by atoms with E-state index in [1.165, 1.54) is 4.31 Å². The summed E-state index contributed by atoms with van der Waals surface area (Å²) in [7, 11) is -3.51. The van der Waals surface area contributed by atoms with Gasteiger partial charge in [-0.05, 0) is 26.0 Å². The fourth-order valence-corrected chi connectivity index (χ4v) is 5.05. The van der Waals surface area contributed by atoms with Gasteiger partial charge in [0.2, 0.25) is 27.9 Å². The van der Waals surface area contributed by atoms with Gasteiger partial charge in [-0.2, -0.15) is 19.3 Å². The summed E-state index contributed by atoms with van der Waals surface area (Å²) in [5.74, 6) is 1.72. The minimum Gasteiger partial charge on any atom is -0.378 e. The largest absolute Gasteiger partial charge is 0.378 e. The molecule has 1 N–H and O–H groups in total. The molecule has 3 heterocycles. The molecule has 2 aliphatic heterocycles. The van der Waals surface area contributed by atoms with Crippen LogP contribution in [0.15, 0.2) is 29.2 Å². The Balaban J connectivity index is 1.50. The predicted octanol–water partition coefficient (Wildman–Crippen LogP) is 0.959. The Labute approximate surface area is 183 Å². The van der Waals surface area contributed by atoms with E-state index in [-0.39, 0.29) is 0 Å². The molecule has 2 aliphatic rings. The molecule has 0 bridgehead atoms. The smallest absolute Gasteiger partial charge is 0.243 e. The van der Waals surface area contributed by atoms with Crippen molar-refractivity contribution in [1.29, 1.82) is 0 Å². The van der Waals surface area contributed by atoms with Crippen LogP contribution in [0.5, 0.6) is 0 Å². The molecule has 4 rings (SSSR count). The number of benzene rings is 1. The summed E-state index contributed by atoms with van der Waals surface area (Å²) in [6.45, 7) is 9.19. The van der Waals surface area contributed by atoms with Crippen LogP contribution in [0.25, 0.3) is 0 Å². The Bertz CT molecular complexity index is 986. The predicted molar refractivity (Wildman–Crippen MR) is 119 cm³/mol. The first-order valence-electron chi connectivity index (χ1n) is 10.6. The van der Waals surface area contributed by atoms with Gasteiger partial charge in [0.05, 0.1) is 18.1 Å². The van der Waals surface area contributed by atoms with Crippen LogP contribution in [-0.4, -0.2) is 86.7 Å². The third-order valence-corrected chi connectivity index (χ3v) is 7.33. The number of piperazine rings is 1. The van der Waals surface area contributed by atoms with Gasteiger partial charge in [0.1, 0.15) is 0 Å². The number of rotatable bonds is 6. The van der Waals surface area contributed by atoms with Gasteiger partial charge in [-0.25, -0.2) is 8.42 Å². The molecule has 31 heavy (non-hydrogen) atoms. The second kappa shape index (κ2) is 9.33. The summed E-state index contributed by atoms with van der Waals surface area (Å²) >= 11 is 0. The molecule has 2 fully saturated rings. The van der Waals surface area contributed by atoms with Crippen molar-refractivity contribution in [1.82, 2.24) is 19.3 Å². The van der Waals surface area contributed by atoms with Crippen LogP contribution in [0.1, 0.15) is 12.5 Å².